The number of ketones is 1. The van der Waals surface area contributed by atoms with E-state index in [-0.39, 0.29) is 5.78 Å². The molecule has 2 aliphatic carbocycles. The molecule has 0 radical (unpaired) electrons. The van der Waals surface area contributed by atoms with Crippen LogP contribution in [0, 0.1) is 5.92 Å². The van der Waals surface area contributed by atoms with Crippen molar-refractivity contribution in [3.05, 3.63) is 88.7 Å². The van der Waals surface area contributed by atoms with Gasteiger partial charge in [0.15, 0.2) is 5.78 Å². The molecule has 1 unspecified atom stereocenters. The van der Waals surface area contributed by atoms with Gasteiger partial charge in [-0.3, -0.25) is 4.79 Å². The van der Waals surface area contributed by atoms with E-state index in [0.717, 1.165) is 24.8 Å². The van der Waals surface area contributed by atoms with Gasteiger partial charge in [0.25, 0.3) is 0 Å². The average molecular weight is 368 g/mol. The summed E-state index contributed by atoms with van der Waals surface area (Å²) in [7, 11) is 0. The summed E-state index contributed by atoms with van der Waals surface area (Å²) < 4.78 is 0. The largest absolute Gasteiger partial charge is 0.383 e. The number of hydrogen-bond acceptors (Lipinski definition) is 3. The van der Waals surface area contributed by atoms with Crippen molar-refractivity contribution in [2.45, 2.75) is 19.3 Å². The maximum Gasteiger partial charge on any atom is 0.174 e. The summed E-state index contributed by atoms with van der Waals surface area (Å²) in [5.74, 6) is 0.416. The van der Waals surface area contributed by atoms with Crippen LogP contribution in [0.2, 0.25) is 0 Å². The Balaban J connectivity index is 1.66. The van der Waals surface area contributed by atoms with Crippen molar-refractivity contribution in [3.8, 4) is 11.1 Å². The van der Waals surface area contributed by atoms with Crippen LogP contribution in [0.1, 0.15) is 22.3 Å². The smallest absolute Gasteiger partial charge is 0.174 e. The zero-order valence-electron chi connectivity index (χ0n) is 15.9. The molecule has 3 nitrogen and oxygen atoms in total. The van der Waals surface area contributed by atoms with Crippen molar-refractivity contribution >= 4 is 11.4 Å². The predicted octanol–water partition coefficient (Wildman–Crippen LogP) is 3.58. The zero-order valence-corrected chi connectivity index (χ0v) is 15.9. The molecular weight excluding hydrogens is 344 g/mol. The maximum atomic E-state index is 11.8. The number of nitrogens with two attached hydrogens (primary N) is 1. The van der Waals surface area contributed by atoms with Crippen molar-refractivity contribution in [1.29, 1.82) is 0 Å². The van der Waals surface area contributed by atoms with E-state index in [1.807, 2.05) is 12.3 Å². The first-order valence-electron chi connectivity index (χ1n) is 10.0. The number of aryl methyl sites for hydroxylation is 1. The average Bonchev–Trinajstić information content (AvgIpc) is 2.96. The van der Waals surface area contributed by atoms with Crippen LogP contribution in [0.3, 0.4) is 0 Å². The summed E-state index contributed by atoms with van der Waals surface area (Å²) in [6.07, 6.45) is 11.0. The number of allylic oxidation sites excluding steroid dienone is 3. The summed E-state index contributed by atoms with van der Waals surface area (Å²) in [6.45, 7) is 0.980. The third kappa shape index (κ3) is 2.83. The third-order valence-electron chi connectivity index (χ3n) is 6.14. The van der Waals surface area contributed by atoms with Gasteiger partial charge in [-0.2, -0.15) is 0 Å². The van der Waals surface area contributed by atoms with Crippen LogP contribution in [-0.4, -0.2) is 18.9 Å². The Morgan fingerprint density at radius 3 is 2.71 bits per heavy atom. The second-order valence-corrected chi connectivity index (χ2v) is 7.84. The standard InChI is InChI=1S/C25H24N2O/c26-13-16-11-24(18-5-7-19(28)15-27-14-18)23-10-9-21-20-4-2-1-3-17(20)6-8-22(21)25(23)12-16/h1-5,7,9-11,14,16,27H,6,8,12-13,15,26H2. The molecule has 3 heteroatoms. The van der Waals surface area contributed by atoms with Crippen LogP contribution in [0.25, 0.3) is 16.7 Å². The molecule has 2 aromatic rings. The molecule has 1 aliphatic heterocycles. The number of carbonyl (C=O) groups is 1. The summed E-state index contributed by atoms with van der Waals surface area (Å²) >= 11 is 0. The fourth-order valence-corrected chi connectivity index (χ4v) is 4.75. The normalized spacial score (nSPS) is 20.2. The third-order valence-corrected chi connectivity index (χ3v) is 6.14. The lowest BCUT2D eigenvalue weighted by molar-refractivity contribution is -0.113. The minimum absolute atomic E-state index is 0.0975. The molecule has 0 bridgehead atoms. The minimum atomic E-state index is 0.0975. The first-order chi connectivity index (χ1) is 13.7. The van der Waals surface area contributed by atoms with Gasteiger partial charge in [0.05, 0.1) is 6.54 Å². The minimum Gasteiger partial charge on any atom is -0.383 e. The topological polar surface area (TPSA) is 55.1 Å². The van der Waals surface area contributed by atoms with E-state index in [4.69, 9.17) is 5.73 Å². The molecule has 3 aliphatic rings. The molecule has 1 heterocycles. The second kappa shape index (κ2) is 6.92. The van der Waals surface area contributed by atoms with Crippen LogP contribution in [0.15, 0.2) is 66.4 Å². The molecular formula is C25H24N2O. The van der Waals surface area contributed by atoms with Crippen molar-refractivity contribution in [2.75, 3.05) is 13.1 Å². The lowest BCUT2D eigenvalue weighted by Gasteiger charge is -2.30. The number of carbonyl (C=O) groups excluding carboxylic acids is 1. The summed E-state index contributed by atoms with van der Waals surface area (Å²) in [5.41, 5.74) is 16.7. The van der Waals surface area contributed by atoms with Gasteiger partial charge in [-0.1, -0.05) is 42.5 Å². The molecule has 3 N–H and O–H groups in total. The Morgan fingerprint density at radius 1 is 0.964 bits per heavy atom. The van der Waals surface area contributed by atoms with Crippen LogP contribution in [0.4, 0.5) is 0 Å². The van der Waals surface area contributed by atoms with Crippen LogP contribution < -0.4 is 11.1 Å². The number of rotatable bonds is 2. The predicted molar refractivity (Wildman–Crippen MR) is 114 cm³/mol. The molecule has 0 fully saturated rings. The van der Waals surface area contributed by atoms with Crippen LogP contribution in [0.5, 0.6) is 0 Å². The van der Waals surface area contributed by atoms with Crippen molar-refractivity contribution in [3.63, 3.8) is 0 Å². The molecule has 0 spiro atoms. The Morgan fingerprint density at radius 2 is 1.82 bits per heavy atom. The van der Waals surface area contributed by atoms with Crippen molar-refractivity contribution in [2.24, 2.45) is 11.7 Å². The summed E-state index contributed by atoms with van der Waals surface area (Å²) in [5, 5.41) is 3.14. The number of fused-ring (bicyclic) bond motifs is 5. The highest BCUT2D eigenvalue weighted by Crippen LogP contribution is 2.42. The van der Waals surface area contributed by atoms with Gasteiger partial charge in [0, 0.05) is 6.20 Å². The monoisotopic (exact) mass is 368 g/mol. The lowest BCUT2D eigenvalue weighted by Crippen LogP contribution is -2.22. The first kappa shape index (κ1) is 17.2. The summed E-state index contributed by atoms with van der Waals surface area (Å²) in [6, 6.07) is 13.3. The highest BCUT2D eigenvalue weighted by molar-refractivity contribution is 5.95. The quantitative estimate of drug-likeness (QED) is 0.852. The van der Waals surface area contributed by atoms with Gasteiger partial charge < -0.3 is 11.1 Å². The van der Waals surface area contributed by atoms with Gasteiger partial charge in [-0.05, 0) is 88.4 Å². The molecule has 0 amide bonds. The van der Waals surface area contributed by atoms with Gasteiger partial charge >= 0.3 is 0 Å². The molecule has 5 rings (SSSR count). The summed E-state index contributed by atoms with van der Waals surface area (Å²) in [4.78, 5) is 11.8. The fourth-order valence-electron chi connectivity index (χ4n) is 4.75. The lowest BCUT2D eigenvalue weighted by atomic mass is 9.74. The second-order valence-electron chi connectivity index (χ2n) is 7.84. The highest BCUT2D eigenvalue weighted by Gasteiger charge is 2.27. The molecule has 0 saturated heterocycles. The molecule has 1 atom stereocenters. The molecule has 0 saturated carbocycles. The molecule has 28 heavy (non-hydrogen) atoms. The number of hydrogen-bond donors (Lipinski definition) is 2. The molecule has 2 aromatic carbocycles. The van der Waals surface area contributed by atoms with E-state index in [2.05, 4.69) is 47.8 Å². The van der Waals surface area contributed by atoms with E-state index in [9.17, 15) is 4.79 Å². The Hall–Kier alpha value is -2.91. The Kier molecular flexibility index (Phi) is 4.25. The highest BCUT2D eigenvalue weighted by atomic mass is 16.1. The van der Waals surface area contributed by atoms with E-state index in [0.29, 0.717) is 19.0 Å². The Bertz CT molecular complexity index is 1060. The number of benzene rings is 2. The van der Waals surface area contributed by atoms with Crippen LogP contribution in [-0.2, 0) is 24.1 Å². The first-order valence-corrected chi connectivity index (χ1v) is 10.0. The van der Waals surface area contributed by atoms with Crippen molar-refractivity contribution < 1.29 is 4.79 Å². The fraction of sp³-hybridized carbons (Fsp3) is 0.240. The van der Waals surface area contributed by atoms with Crippen LogP contribution >= 0.6 is 0 Å². The van der Waals surface area contributed by atoms with E-state index in [1.54, 1.807) is 6.08 Å². The molecule has 0 aromatic heterocycles. The van der Waals surface area contributed by atoms with Gasteiger partial charge in [-0.25, -0.2) is 0 Å². The number of nitrogens with one attached hydrogen (secondary N) is 1. The maximum absolute atomic E-state index is 11.8. The van der Waals surface area contributed by atoms with E-state index < -0.39 is 0 Å². The zero-order chi connectivity index (χ0) is 19.1. The van der Waals surface area contributed by atoms with Crippen molar-refractivity contribution in [1.82, 2.24) is 5.32 Å². The van der Waals surface area contributed by atoms with E-state index >= 15 is 0 Å². The van der Waals surface area contributed by atoms with Gasteiger partial charge in [0.2, 0.25) is 0 Å². The van der Waals surface area contributed by atoms with Gasteiger partial charge in [-0.15, -0.1) is 0 Å². The Labute approximate surface area is 165 Å². The molecule has 140 valence electrons. The van der Waals surface area contributed by atoms with Gasteiger partial charge in [0.1, 0.15) is 0 Å². The van der Waals surface area contributed by atoms with E-state index in [1.165, 1.54) is 39.0 Å². The SMILES string of the molecule is NCC1C=C(C2=CNCC(=O)C=C2)c2ccc3c(c2C1)CCc1ccccc1-3.